The van der Waals surface area contributed by atoms with E-state index in [9.17, 15) is 23.9 Å². The van der Waals surface area contributed by atoms with E-state index >= 15 is 0 Å². The van der Waals surface area contributed by atoms with Crippen molar-refractivity contribution in [2.45, 2.75) is 32.4 Å². The van der Waals surface area contributed by atoms with Gasteiger partial charge >= 0.3 is 19.3 Å². The zero-order valence-electron chi connectivity index (χ0n) is 14.9. The number of nitrogens with zero attached hydrogens (tertiary/aromatic N) is 1. The first-order valence-corrected chi connectivity index (χ1v) is 9.34. The minimum absolute atomic E-state index is 0.0400. The fourth-order valence-corrected chi connectivity index (χ4v) is 3.93. The fraction of sp³-hybridized carbons (Fsp3) is 0.533. The van der Waals surface area contributed by atoms with Gasteiger partial charge in [0.2, 0.25) is 0 Å². The number of hydrogen-bond acceptors (Lipinski definition) is 7. The van der Waals surface area contributed by atoms with Crippen molar-refractivity contribution < 1.29 is 32.5 Å². The molecule has 146 valence electrons. The number of carbonyl (C=O) groups excluding carboxylic acids is 1. The molecule has 0 amide bonds. The number of nitro groups is 1. The van der Waals surface area contributed by atoms with Crippen molar-refractivity contribution in [2.75, 3.05) is 20.3 Å². The van der Waals surface area contributed by atoms with E-state index in [1.165, 1.54) is 18.2 Å². The molecule has 0 aliphatic heterocycles. The second-order valence-corrected chi connectivity index (χ2v) is 7.08. The van der Waals surface area contributed by atoms with Crippen LogP contribution in [0.5, 0.6) is 0 Å². The van der Waals surface area contributed by atoms with Gasteiger partial charge in [0, 0.05) is 17.4 Å². The quantitative estimate of drug-likeness (QED) is 0.280. The second-order valence-electron chi connectivity index (χ2n) is 5.31. The summed E-state index contributed by atoms with van der Waals surface area (Å²) in [5, 5.41) is 14.1. The molecule has 1 rings (SSSR count). The van der Waals surface area contributed by atoms with Crippen LogP contribution in [0.15, 0.2) is 24.3 Å². The first-order chi connectivity index (χ1) is 12.2. The largest absolute Gasteiger partial charge is 0.464 e. The number of ether oxygens (including phenoxy) is 1. The molecule has 0 bridgehead atoms. The van der Waals surface area contributed by atoms with Crippen LogP contribution in [0.25, 0.3) is 0 Å². The lowest BCUT2D eigenvalue weighted by Crippen LogP contribution is -2.54. The first-order valence-electron chi connectivity index (χ1n) is 7.80. The average Bonchev–Trinajstić information content (AvgIpc) is 2.59. The summed E-state index contributed by atoms with van der Waals surface area (Å²) in [5.74, 6) is -2.08. The highest BCUT2D eigenvalue weighted by Gasteiger charge is 2.58. The summed E-state index contributed by atoms with van der Waals surface area (Å²) in [7, 11) is -3.11. The van der Waals surface area contributed by atoms with Gasteiger partial charge in [-0.2, -0.15) is 0 Å². The molecule has 1 aromatic carbocycles. The Hall–Kier alpha value is -1.87. The molecule has 11 heteroatoms. The first kappa shape index (κ1) is 22.2. The minimum Gasteiger partial charge on any atom is -0.464 e. The summed E-state index contributed by atoms with van der Waals surface area (Å²) in [4.78, 5) is 23.0. The summed E-state index contributed by atoms with van der Waals surface area (Å²) < 4.78 is 41.9. The molecule has 26 heavy (non-hydrogen) atoms. The summed E-state index contributed by atoms with van der Waals surface area (Å²) in [6.45, 7) is 3.95. The highest BCUT2D eigenvalue weighted by Crippen LogP contribution is 2.48. The molecule has 0 saturated carbocycles. The van der Waals surface area contributed by atoms with Crippen LogP contribution in [0.1, 0.15) is 32.4 Å². The van der Waals surface area contributed by atoms with Crippen molar-refractivity contribution in [1.29, 1.82) is 0 Å². The molecule has 0 aliphatic rings. The molecule has 0 saturated heterocycles. The number of methoxy groups -OCH3 is 1. The van der Waals surface area contributed by atoms with Crippen LogP contribution < -0.4 is 5.09 Å². The SMILES string of the molecule is CCOP(=O)(N[C@@H](c1ccccc1F)[C@@](C)(C(=O)OC)[N+](=O)[O-])OCC. The van der Waals surface area contributed by atoms with Crippen LogP contribution in [0.2, 0.25) is 0 Å². The average molecular weight is 392 g/mol. The van der Waals surface area contributed by atoms with Crippen LogP contribution in [0.4, 0.5) is 4.39 Å². The van der Waals surface area contributed by atoms with E-state index in [1.54, 1.807) is 13.8 Å². The molecule has 0 unspecified atom stereocenters. The van der Waals surface area contributed by atoms with Gasteiger partial charge in [-0.1, -0.05) is 18.2 Å². The van der Waals surface area contributed by atoms with E-state index in [1.807, 2.05) is 0 Å². The maximum Gasteiger partial charge on any atom is 0.406 e. The van der Waals surface area contributed by atoms with Crippen molar-refractivity contribution in [1.82, 2.24) is 5.09 Å². The second kappa shape index (κ2) is 9.18. The summed E-state index contributed by atoms with van der Waals surface area (Å²) in [6, 6.07) is 3.42. The monoisotopic (exact) mass is 392 g/mol. The van der Waals surface area contributed by atoms with Crippen molar-refractivity contribution in [2.24, 2.45) is 0 Å². The minimum atomic E-state index is -4.08. The van der Waals surface area contributed by atoms with E-state index in [-0.39, 0.29) is 18.8 Å². The Morgan fingerprint density at radius 2 is 1.88 bits per heavy atom. The number of halogens is 1. The maximum absolute atomic E-state index is 14.4. The number of esters is 1. The lowest BCUT2D eigenvalue weighted by Gasteiger charge is -2.31. The molecule has 0 radical (unpaired) electrons. The van der Waals surface area contributed by atoms with E-state index < -0.39 is 36.0 Å². The van der Waals surface area contributed by atoms with Crippen LogP contribution in [0.3, 0.4) is 0 Å². The molecule has 0 fully saturated rings. The van der Waals surface area contributed by atoms with Crippen LogP contribution in [-0.4, -0.2) is 36.8 Å². The molecule has 1 aromatic rings. The van der Waals surface area contributed by atoms with Gasteiger partial charge in [0.1, 0.15) is 11.9 Å². The molecule has 0 aliphatic carbocycles. The predicted molar refractivity (Wildman–Crippen MR) is 90.6 cm³/mol. The van der Waals surface area contributed by atoms with E-state index in [2.05, 4.69) is 9.82 Å². The van der Waals surface area contributed by atoms with Gasteiger partial charge in [0.05, 0.1) is 20.3 Å². The Kier molecular flexibility index (Phi) is 7.83. The Balaban J connectivity index is 3.58. The number of rotatable bonds is 10. The number of carbonyl (C=O) groups is 1. The number of benzene rings is 1. The van der Waals surface area contributed by atoms with Crippen molar-refractivity contribution in [3.8, 4) is 0 Å². The molecule has 0 heterocycles. The van der Waals surface area contributed by atoms with E-state index in [4.69, 9.17) is 9.05 Å². The summed E-state index contributed by atoms with van der Waals surface area (Å²) in [5.41, 5.74) is -2.75. The van der Waals surface area contributed by atoms with Gasteiger partial charge < -0.3 is 4.74 Å². The van der Waals surface area contributed by atoms with Gasteiger partial charge in [0.25, 0.3) is 0 Å². The van der Waals surface area contributed by atoms with Gasteiger partial charge in [-0.25, -0.2) is 18.8 Å². The molecular formula is C15H22FN2O7P. The summed E-state index contributed by atoms with van der Waals surface area (Å²) in [6.07, 6.45) is 0. The Bertz CT molecular complexity index is 692. The Morgan fingerprint density at radius 1 is 1.35 bits per heavy atom. The van der Waals surface area contributed by atoms with Crippen LogP contribution >= 0.6 is 7.75 Å². The third-order valence-electron chi connectivity index (χ3n) is 3.64. The lowest BCUT2D eigenvalue weighted by atomic mass is 9.88. The van der Waals surface area contributed by atoms with Gasteiger partial charge in [-0.15, -0.1) is 0 Å². The van der Waals surface area contributed by atoms with Gasteiger partial charge in [0.15, 0.2) is 0 Å². The van der Waals surface area contributed by atoms with Crippen molar-refractivity contribution in [3.63, 3.8) is 0 Å². The fourth-order valence-electron chi connectivity index (χ4n) is 2.32. The van der Waals surface area contributed by atoms with E-state index in [0.717, 1.165) is 20.1 Å². The number of hydrogen-bond donors (Lipinski definition) is 1. The van der Waals surface area contributed by atoms with Gasteiger partial charge in [-0.3, -0.25) is 19.2 Å². The van der Waals surface area contributed by atoms with E-state index in [0.29, 0.717) is 0 Å². The Morgan fingerprint density at radius 3 is 2.31 bits per heavy atom. The molecule has 0 spiro atoms. The zero-order chi connectivity index (χ0) is 20.0. The van der Waals surface area contributed by atoms with Gasteiger partial charge in [-0.05, 0) is 19.9 Å². The number of nitrogens with one attached hydrogen (secondary N) is 1. The van der Waals surface area contributed by atoms with Crippen molar-refractivity contribution in [3.05, 3.63) is 45.8 Å². The molecule has 9 nitrogen and oxygen atoms in total. The lowest BCUT2D eigenvalue weighted by molar-refractivity contribution is -0.556. The topological polar surface area (TPSA) is 117 Å². The highest BCUT2D eigenvalue weighted by atomic mass is 31.2. The normalized spacial score (nSPS) is 15.1. The standard InChI is InChI=1S/C15H22FN2O7P/c1-5-24-26(22,25-6-2)17-13(11-9-7-8-10-12(11)16)15(3,18(20)21)14(19)23-4/h7-10,13H,5-6H2,1-4H3,(H,17,22)/t13-,15-/m0/s1. The van der Waals surface area contributed by atoms with Crippen LogP contribution in [0, 0.1) is 15.9 Å². The third kappa shape index (κ3) is 4.64. The van der Waals surface area contributed by atoms with Crippen LogP contribution in [-0.2, 0) is 23.1 Å². The molecular weight excluding hydrogens is 370 g/mol. The van der Waals surface area contributed by atoms with Crippen molar-refractivity contribution >= 4 is 13.7 Å². The predicted octanol–water partition coefficient (Wildman–Crippen LogP) is 2.85. The maximum atomic E-state index is 14.4. The molecule has 2 atom stereocenters. The third-order valence-corrected chi connectivity index (χ3v) is 5.41. The molecule has 1 N–H and O–H groups in total. The highest BCUT2D eigenvalue weighted by molar-refractivity contribution is 7.51. The Labute approximate surface area is 150 Å². The smallest absolute Gasteiger partial charge is 0.406 e. The zero-order valence-corrected chi connectivity index (χ0v) is 15.8. The summed E-state index contributed by atoms with van der Waals surface area (Å²) >= 11 is 0. The molecule has 0 aromatic heterocycles.